The molecule has 9 heteroatoms. The molecule has 1 amide bonds. The van der Waals surface area contributed by atoms with Gasteiger partial charge >= 0.3 is 12.7 Å². The molecule has 1 aliphatic carbocycles. The van der Waals surface area contributed by atoms with Gasteiger partial charge in [-0.2, -0.15) is 8.78 Å². The molecule has 28 heavy (non-hydrogen) atoms. The summed E-state index contributed by atoms with van der Waals surface area (Å²) in [5.41, 5.74) is 2.07. The van der Waals surface area contributed by atoms with Crippen LogP contribution in [-0.4, -0.2) is 39.7 Å². The molecule has 2 fully saturated rings. The van der Waals surface area contributed by atoms with Gasteiger partial charge in [0.15, 0.2) is 0 Å². The normalized spacial score (nSPS) is 17.8. The van der Waals surface area contributed by atoms with Gasteiger partial charge in [0.1, 0.15) is 11.4 Å². The predicted octanol–water partition coefficient (Wildman–Crippen LogP) is 4.58. The number of aryl methyl sites for hydroxylation is 1. The Kier molecular flexibility index (Phi) is 4.82. The number of carbonyl (C=O) groups is 1. The molecule has 0 bridgehead atoms. The topological polar surface area (TPSA) is 64.6 Å². The smallest absolute Gasteiger partial charge is 0.410 e. The standard InChI is InChI=1S/C19H18ClF2N3O3/c1-11-15(10-25-7-6-19(4-5-19)28-18(25)26)24-14(9-23-11)12-2-3-13(20)16(8-12)27-17(21)22/h2-3,8-9,17H,4-7,10H2,1H3. The molecule has 1 saturated carbocycles. The number of halogens is 3. The Morgan fingerprint density at radius 3 is 2.82 bits per heavy atom. The number of hydrogen-bond donors (Lipinski definition) is 0. The van der Waals surface area contributed by atoms with E-state index in [0.717, 1.165) is 19.3 Å². The lowest BCUT2D eigenvalue weighted by molar-refractivity contribution is -0.0497. The largest absolute Gasteiger partial charge is 0.443 e. The average molecular weight is 410 g/mol. The van der Waals surface area contributed by atoms with E-state index in [-0.39, 0.29) is 29.0 Å². The second kappa shape index (κ2) is 7.16. The molecule has 1 aromatic carbocycles. The van der Waals surface area contributed by atoms with Gasteiger partial charge in [-0.1, -0.05) is 17.7 Å². The van der Waals surface area contributed by atoms with E-state index >= 15 is 0 Å². The number of alkyl halides is 2. The second-order valence-electron chi connectivity index (χ2n) is 7.03. The van der Waals surface area contributed by atoms with Crippen LogP contribution < -0.4 is 4.74 Å². The number of rotatable bonds is 5. The van der Waals surface area contributed by atoms with E-state index in [1.165, 1.54) is 12.1 Å². The summed E-state index contributed by atoms with van der Waals surface area (Å²) < 4.78 is 35.1. The zero-order valence-electron chi connectivity index (χ0n) is 15.1. The summed E-state index contributed by atoms with van der Waals surface area (Å²) in [4.78, 5) is 22.8. The van der Waals surface area contributed by atoms with Crippen LogP contribution in [0.25, 0.3) is 11.3 Å². The van der Waals surface area contributed by atoms with Gasteiger partial charge in [0.2, 0.25) is 0 Å². The minimum Gasteiger partial charge on any atom is -0.443 e. The minimum absolute atomic E-state index is 0.0782. The molecule has 1 aromatic heterocycles. The van der Waals surface area contributed by atoms with Crippen molar-refractivity contribution in [1.29, 1.82) is 0 Å². The quantitative estimate of drug-likeness (QED) is 0.723. The molecule has 1 spiro atoms. The fourth-order valence-corrected chi connectivity index (χ4v) is 3.33. The van der Waals surface area contributed by atoms with Crippen LogP contribution >= 0.6 is 11.6 Å². The third kappa shape index (κ3) is 3.87. The van der Waals surface area contributed by atoms with E-state index < -0.39 is 6.61 Å². The van der Waals surface area contributed by atoms with Gasteiger partial charge in [0, 0.05) is 18.5 Å². The summed E-state index contributed by atoms with van der Waals surface area (Å²) in [6.45, 7) is -0.295. The van der Waals surface area contributed by atoms with E-state index in [4.69, 9.17) is 16.3 Å². The monoisotopic (exact) mass is 409 g/mol. The van der Waals surface area contributed by atoms with Crippen molar-refractivity contribution >= 4 is 17.7 Å². The molecular weight excluding hydrogens is 392 g/mol. The Morgan fingerprint density at radius 2 is 2.14 bits per heavy atom. The number of nitrogens with zero attached hydrogens (tertiary/aromatic N) is 3. The van der Waals surface area contributed by atoms with Crippen LogP contribution in [0.3, 0.4) is 0 Å². The highest BCUT2D eigenvalue weighted by atomic mass is 35.5. The number of carbonyl (C=O) groups excluding carboxylic acids is 1. The van der Waals surface area contributed by atoms with E-state index in [1.807, 2.05) is 0 Å². The number of aromatic nitrogens is 2. The van der Waals surface area contributed by atoms with Gasteiger partial charge in [-0.15, -0.1) is 0 Å². The molecule has 1 aliphatic heterocycles. The molecule has 148 valence electrons. The molecule has 4 rings (SSSR count). The van der Waals surface area contributed by atoms with Crippen molar-refractivity contribution in [3.05, 3.63) is 40.8 Å². The van der Waals surface area contributed by atoms with Crippen LogP contribution in [-0.2, 0) is 11.3 Å². The summed E-state index contributed by atoms with van der Waals surface area (Å²) in [6, 6.07) is 4.51. The average Bonchev–Trinajstić information content (AvgIpc) is 3.39. The Morgan fingerprint density at radius 1 is 1.36 bits per heavy atom. The first-order valence-corrected chi connectivity index (χ1v) is 9.28. The number of hydrogen-bond acceptors (Lipinski definition) is 5. The summed E-state index contributed by atoms with van der Waals surface area (Å²) in [6.07, 6.45) is 3.88. The van der Waals surface area contributed by atoms with Gasteiger partial charge in [-0.05, 0) is 31.9 Å². The lowest BCUT2D eigenvalue weighted by Crippen LogP contribution is -2.42. The maximum atomic E-state index is 12.5. The SMILES string of the molecule is Cc1ncc(-c2ccc(Cl)c(OC(F)F)c2)nc1CN1CCC2(CC2)OC1=O. The fourth-order valence-electron chi connectivity index (χ4n) is 3.17. The summed E-state index contributed by atoms with van der Waals surface area (Å²) in [5.74, 6) is -0.132. The first kappa shape index (κ1) is 18.9. The van der Waals surface area contributed by atoms with Crippen molar-refractivity contribution in [2.45, 2.75) is 44.9 Å². The van der Waals surface area contributed by atoms with E-state index in [2.05, 4.69) is 14.7 Å². The highest BCUT2D eigenvalue weighted by molar-refractivity contribution is 6.32. The van der Waals surface area contributed by atoms with Crippen molar-refractivity contribution in [3.8, 4) is 17.0 Å². The van der Waals surface area contributed by atoms with Crippen molar-refractivity contribution in [2.24, 2.45) is 0 Å². The van der Waals surface area contributed by atoms with E-state index in [1.54, 1.807) is 24.1 Å². The maximum Gasteiger partial charge on any atom is 0.410 e. The van der Waals surface area contributed by atoms with Crippen molar-refractivity contribution in [3.63, 3.8) is 0 Å². The first-order valence-electron chi connectivity index (χ1n) is 8.90. The Labute approximate surface area is 165 Å². The van der Waals surface area contributed by atoms with Gasteiger partial charge in [-0.25, -0.2) is 9.78 Å². The summed E-state index contributed by atoms with van der Waals surface area (Å²) in [5, 5.41) is 0.0782. The van der Waals surface area contributed by atoms with Crippen molar-refractivity contribution in [2.75, 3.05) is 6.54 Å². The van der Waals surface area contributed by atoms with Crippen LogP contribution in [0.2, 0.25) is 5.02 Å². The minimum atomic E-state index is -2.98. The van der Waals surface area contributed by atoms with Crippen LogP contribution in [0.1, 0.15) is 30.7 Å². The molecule has 2 aromatic rings. The third-order valence-corrected chi connectivity index (χ3v) is 5.36. The number of benzene rings is 1. The highest BCUT2D eigenvalue weighted by Crippen LogP contribution is 2.45. The molecule has 1 saturated heterocycles. The van der Waals surface area contributed by atoms with Gasteiger partial charge in [-0.3, -0.25) is 4.98 Å². The second-order valence-corrected chi connectivity index (χ2v) is 7.44. The highest BCUT2D eigenvalue weighted by Gasteiger charge is 2.50. The molecule has 0 N–H and O–H groups in total. The summed E-state index contributed by atoms with van der Waals surface area (Å²) >= 11 is 5.90. The number of amides is 1. The third-order valence-electron chi connectivity index (χ3n) is 5.04. The zero-order valence-corrected chi connectivity index (χ0v) is 15.9. The van der Waals surface area contributed by atoms with Crippen LogP contribution in [0.4, 0.5) is 13.6 Å². The van der Waals surface area contributed by atoms with Crippen molar-refractivity contribution in [1.82, 2.24) is 14.9 Å². The molecule has 2 aliphatic rings. The Hall–Kier alpha value is -2.48. The maximum absolute atomic E-state index is 12.5. The molecule has 0 unspecified atom stereocenters. The Bertz CT molecular complexity index is 921. The lowest BCUT2D eigenvalue weighted by atomic mass is 10.1. The Balaban J connectivity index is 1.56. The summed E-state index contributed by atoms with van der Waals surface area (Å²) in [7, 11) is 0. The first-order chi connectivity index (χ1) is 13.3. The number of ether oxygens (including phenoxy) is 2. The predicted molar refractivity (Wildman–Crippen MR) is 97.3 cm³/mol. The fraction of sp³-hybridized carbons (Fsp3) is 0.421. The molecule has 2 heterocycles. The molecular formula is C19H18ClF2N3O3. The van der Waals surface area contributed by atoms with E-state index in [9.17, 15) is 13.6 Å². The van der Waals surface area contributed by atoms with Crippen LogP contribution in [0.15, 0.2) is 24.4 Å². The molecule has 0 atom stereocenters. The molecule has 0 radical (unpaired) electrons. The van der Waals surface area contributed by atoms with Gasteiger partial charge in [0.05, 0.1) is 34.8 Å². The van der Waals surface area contributed by atoms with Crippen LogP contribution in [0.5, 0.6) is 5.75 Å². The van der Waals surface area contributed by atoms with Crippen molar-refractivity contribution < 1.29 is 23.0 Å². The van der Waals surface area contributed by atoms with Crippen LogP contribution in [0, 0.1) is 6.92 Å². The lowest BCUT2D eigenvalue weighted by Gasteiger charge is -2.32. The zero-order chi connectivity index (χ0) is 19.9. The van der Waals surface area contributed by atoms with Gasteiger partial charge < -0.3 is 14.4 Å². The molecule has 6 nitrogen and oxygen atoms in total. The van der Waals surface area contributed by atoms with Gasteiger partial charge in [0.25, 0.3) is 0 Å². The van der Waals surface area contributed by atoms with E-state index in [0.29, 0.717) is 29.2 Å².